The first kappa shape index (κ1) is 25.1. The van der Waals surface area contributed by atoms with Crippen molar-refractivity contribution in [2.24, 2.45) is 0 Å². The van der Waals surface area contributed by atoms with E-state index in [0.717, 1.165) is 16.3 Å². The minimum absolute atomic E-state index is 0.0760. The Bertz CT molecular complexity index is 1490. The van der Waals surface area contributed by atoms with E-state index in [1.807, 2.05) is 37.3 Å². The van der Waals surface area contributed by atoms with E-state index >= 15 is 0 Å². The highest BCUT2D eigenvalue weighted by atomic mass is 35.5. The Kier molecular flexibility index (Phi) is 8.12. The molecule has 0 aliphatic carbocycles. The van der Waals surface area contributed by atoms with Crippen LogP contribution in [0.15, 0.2) is 84.4 Å². The predicted octanol–water partition coefficient (Wildman–Crippen LogP) is 7.67. The average molecular weight is 517 g/mol. The van der Waals surface area contributed by atoms with Gasteiger partial charge in [0.25, 0.3) is 5.91 Å². The number of nitrogens with zero attached hydrogens (tertiary/aromatic N) is 1. The number of anilines is 1. The fraction of sp³-hybridized carbons (Fsp3) is 0.103. The first-order valence-corrected chi connectivity index (χ1v) is 12.0. The maximum absolute atomic E-state index is 12.7. The molecule has 0 radical (unpaired) electrons. The molecule has 0 bridgehead atoms. The Hall–Kier alpha value is -3.98. The molecule has 0 aromatic heterocycles. The number of halogens is 2. The number of carbonyl (C=O) groups is 1. The van der Waals surface area contributed by atoms with Gasteiger partial charge in [0.1, 0.15) is 18.2 Å². The number of carbonyl (C=O) groups excluding carboxylic acids is 1. The van der Waals surface area contributed by atoms with Gasteiger partial charge in [-0.1, -0.05) is 71.7 Å². The van der Waals surface area contributed by atoms with E-state index < -0.39 is 5.91 Å². The molecule has 0 atom stereocenters. The molecule has 1 N–H and O–H groups in total. The largest absolute Gasteiger partial charge is 0.490 e. The number of hydrogen-bond acceptors (Lipinski definition) is 4. The van der Waals surface area contributed by atoms with Crippen LogP contribution in [0.3, 0.4) is 0 Å². The van der Waals surface area contributed by atoms with Gasteiger partial charge in [-0.2, -0.15) is 5.26 Å². The number of ether oxygens (including phenoxy) is 2. The number of nitriles is 1. The summed E-state index contributed by atoms with van der Waals surface area (Å²) < 4.78 is 11.9. The van der Waals surface area contributed by atoms with Gasteiger partial charge in [0.2, 0.25) is 0 Å². The van der Waals surface area contributed by atoms with Gasteiger partial charge in [-0.15, -0.1) is 0 Å². The standard InChI is InChI=1S/C29H22Cl2N2O3/c1-2-35-28-15-19(14-22(17-32)29(34)33-23-11-12-25(30)26(31)16-23)10-13-27(28)36-18-21-8-5-7-20-6-3-4-9-24(20)21/h3-16H,2,18H2,1H3,(H,33,34)/b22-14-. The van der Waals surface area contributed by atoms with E-state index in [9.17, 15) is 10.1 Å². The van der Waals surface area contributed by atoms with E-state index in [1.54, 1.807) is 30.3 Å². The second-order valence-electron chi connectivity index (χ2n) is 7.82. The van der Waals surface area contributed by atoms with Crippen LogP contribution in [0.25, 0.3) is 16.8 Å². The van der Waals surface area contributed by atoms with Crippen LogP contribution in [0.2, 0.25) is 10.0 Å². The first-order chi connectivity index (χ1) is 17.5. The van der Waals surface area contributed by atoms with Crippen molar-refractivity contribution < 1.29 is 14.3 Å². The zero-order valence-corrected chi connectivity index (χ0v) is 20.9. The lowest BCUT2D eigenvalue weighted by Gasteiger charge is -2.14. The van der Waals surface area contributed by atoms with Crippen LogP contribution >= 0.6 is 23.2 Å². The minimum atomic E-state index is -0.565. The number of hydrogen-bond donors (Lipinski definition) is 1. The number of rotatable bonds is 8. The summed E-state index contributed by atoms with van der Waals surface area (Å²) in [5.41, 5.74) is 2.04. The third kappa shape index (κ3) is 5.98. The molecule has 0 saturated heterocycles. The Balaban J connectivity index is 1.54. The maximum atomic E-state index is 12.7. The molecule has 5 nitrogen and oxygen atoms in total. The van der Waals surface area contributed by atoms with E-state index in [4.69, 9.17) is 32.7 Å². The molecule has 0 saturated carbocycles. The number of nitrogens with one attached hydrogen (secondary N) is 1. The van der Waals surface area contributed by atoms with Crippen LogP contribution < -0.4 is 14.8 Å². The third-order valence-electron chi connectivity index (χ3n) is 5.38. The Morgan fingerprint density at radius 1 is 0.944 bits per heavy atom. The van der Waals surface area contributed by atoms with Crippen LogP contribution in [0, 0.1) is 11.3 Å². The monoisotopic (exact) mass is 516 g/mol. The lowest BCUT2D eigenvalue weighted by atomic mass is 10.1. The van der Waals surface area contributed by atoms with Crippen LogP contribution in [-0.4, -0.2) is 12.5 Å². The minimum Gasteiger partial charge on any atom is -0.490 e. The summed E-state index contributed by atoms with van der Waals surface area (Å²) in [7, 11) is 0. The first-order valence-electron chi connectivity index (χ1n) is 11.2. The van der Waals surface area contributed by atoms with Crippen LogP contribution in [0.4, 0.5) is 5.69 Å². The molecule has 4 rings (SSSR count). The van der Waals surface area contributed by atoms with Gasteiger partial charge in [0.15, 0.2) is 11.5 Å². The van der Waals surface area contributed by atoms with Gasteiger partial charge < -0.3 is 14.8 Å². The van der Waals surface area contributed by atoms with Crippen molar-refractivity contribution in [3.63, 3.8) is 0 Å². The molecule has 0 aliphatic heterocycles. The summed E-state index contributed by atoms with van der Waals surface area (Å²) in [5, 5.41) is 15.2. The second-order valence-corrected chi connectivity index (χ2v) is 8.63. The molecule has 7 heteroatoms. The fourth-order valence-corrected chi connectivity index (χ4v) is 3.96. The topological polar surface area (TPSA) is 71.3 Å². The van der Waals surface area contributed by atoms with Gasteiger partial charge in [0, 0.05) is 5.69 Å². The summed E-state index contributed by atoms with van der Waals surface area (Å²) in [6.07, 6.45) is 1.49. The molecular weight excluding hydrogens is 495 g/mol. The van der Waals surface area contributed by atoms with Gasteiger partial charge in [-0.25, -0.2) is 0 Å². The zero-order chi connectivity index (χ0) is 25.5. The Morgan fingerprint density at radius 3 is 2.53 bits per heavy atom. The molecule has 0 unspecified atom stereocenters. The second kappa shape index (κ2) is 11.6. The van der Waals surface area contributed by atoms with Crippen molar-refractivity contribution in [2.75, 3.05) is 11.9 Å². The van der Waals surface area contributed by atoms with E-state index in [2.05, 4.69) is 23.5 Å². The smallest absolute Gasteiger partial charge is 0.266 e. The summed E-state index contributed by atoms with van der Waals surface area (Å²) in [5.74, 6) is 0.527. The molecule has 4 aromatic carbocycles. The van der Waals surface area contributed by atoms with Crippen molar-refractivity contribution in [1.29, 1.82) is 5.26 Å². The van der Waals surface area contributed by atoms with Gasteiger partial charge in [-0.3, -0.25) is 4.79 Å². The van der Waals surface area contributed by atoms with Gasteiger partial charge in [0.05, 0.1) is 16.7 Å². The molecular formula is C29H22Cl2N2O3. The average Bonchev–Trinajstić information content (AvgIpc) is 2.89. The highest BCUT2D eigenvalue weighted by Crippen LogP contribution is 2.31. The van der Waals surface area contributed by atoms with Crippen molar-refractivity contribution in [3.05, 3.63) is 106 Å². The lowest BCUT2D eigenvalue weighted by Crippen LogP contribution is -2.13. The highest BCUT2D eigenvalue weighted by Gasteiger charge is 2.13. The number of fused-ring (bicyclic) bond motifs is 1. The zero-order valence-electron chi connectivity index (χ0n) is 19.4. The fourth-order valence-electron chi connectivity index (χ4n) is 3.66. The quantitative estimate of drug-likeness (QED) is 0.192. The van der Waals surface area contributed by atoms with Gasteiger partial charge >= 0.3 is 0 Å². The molecule has 0 aliphatic rings. The molecule has 4 aromatic rings. The summed E-state index contributed by atoms with van der Waals surface area (Å²) in [6, 6.07) is 26.2. The lowest BCUT2D eigenvalue weighted by molar-refractivity contribution is -0.112. The van der Waals surface area contributed by atoms with Crippen LogP contribution in [-0.2, 0) is 11.4 Å². The highest BCUT2D eigenvalue weighted by molar-refractivity contribution is 6.42. The maximum Gasteiger partial charge on any atom is 0.266 e. The summed E-state index contributed by atoms with van der Waals surface area (Å²) >= 11 is 11.9. The molecule has 36 heavy (non-hydrogen) atoms. The third-order valence-corrected chi connectivity index (χ3v) is 6.12. The van der Waals surface area contributed by atoms with Crippen molar-refractivity contribution in [3.8, 4) is 17.6 Å². The predicted molar refractivity (Wildman–Crippen MR) is 145 cm³/mol. The van der Waals surface area contributed by atoms with E-state index in [0.29, 0.717) is 46.0 Å². The summed E-state index contributed by atoms with van der Waals surface area (Å²) in [6.45, 7) is 2.68. The molecule has 1 amide bonds. The van der Waals surface area contributed by atoms with Crippen LogP contribution in [0.1, 0.15) is 18.1 Å². The molecule has 0 heterocycles. The SMILES string of the molecule is CCOc1cc(/C=C(/C#N)C(=O)Nc2ccc(Cl)c(Cl)c2)ccc1OCc1cccc2ccccc12. The molecule has 0 fully saturated rings. The number of benzene rings is 4. The summed E-state index contributed by atoms with van der Waals surface area (Å²) in [4.78, 5) is 12.7. The normalized spacial score (nSPS) is 11.1. The van der Waals surface area contributed by atoms with E-state index in [-0.39, 0.29) is 5.57 Å². The van der Waals surface area contributed by atoms with E-state index in [1.165, 1.54) is 12.1 Å². The van der Waals surface area contributed by atoms with Crippen LogP contribution in [0.5, 0.6) is 11.5 Å². The van der Waals surface area contributed by atoms with Crippen molar-refractivity contribution >= 4 is 51.6 Å². The Labute approximate surface area is 219 Å². The number of amides is 1. The Morgan fingerprint density at radius 2 is 1.75 bits per heavy atom. The van der Waals surface area contributed by atoms with Crippen molar-refractivity contribution in [2.45, 2.75) is 13.5 Å². The molecule has 180 valence electrons. The van der Waals surface area contributed by atoms with Crippen molar-refractivity contribution in [1.82, 2.24) is 0 Å². The molecule has 0 spiro atoms. The van der Waals surface area contributed by atoms with Gasteiger partial charge in [-0.05, 0) is 65.2 Å².